The number of nitrogens with two attached hydrogens (primary N) is 1. The molecular formula is C11H21Cl3N2O. The Morgan fingerprint density at radius 2 is 1.65 bits per heavy atom. The van der Waals surface area contributed by atoms with Crippen LogP contribution in [0.2, 0.25) is 0 Å². The van der Waals surface area contributed by atoms with E-state index in [0.29, 0.717) is 0 Å². The number of likely N-dealkylation sites (N-methyl/N-ethyl adjacent to an activating group) is 1. The van der Waals surface area contributed by atoms with Crippen molar-refractivity contribution < 1.29 is 5.11 Å². The van der Waals surface area contributed by atoms with Gasteiger partial charge in [-0.3, -0.25) is 0 Å². The van der Waals surface area contributed by atoms with Crippen molar-refractivity contribution in [2.75, 3.05) is 6.54 Å². The molecule has 0 aliphatic rings. The maximum Gasteiger partial charge on any atom is 0.115 e. The van der Waals surface area contributed by atoms with Crippen molar-refractivity contribution in [1.29, 1.82) is 0 Å². The van der Waals surface area contributed by atoms with Gasteiger partial charge in [-0.2, -0.15) is 0 Å². The zero-order valence-corrected chi connectivity index (χ0v) is 12.4. The SMILES string of the molecule is CCNC(C)C(N)c1ccc(O)cc1.Cl.Cl.Cl. The van der Waals surface area contributed by atoms with Crippen LogP contribution in [0.3, 0.4) is 0 Å². The van der Waals surface area contributed by atoms with Gasteiger partial charge in [0.2, 0.25) is 0 Å². The predicted molar refractivity (Wildman–Crippen MR) is 79.9 cm³/mol. The Bertz CT molecular complexity index is 283. The molecule has 0 bridgehead atoms. The minimum absolute atomic E-state index is 0. The van der Waals surface area contributed by atoms with Crippen LogP contribution in [-0.4, -0.2) is 17.7 Å². The number of hydrogen-bond donors (Lipinski definition) is 3. The van der Waals surface area contributed by atoms with Crippen molar-refractivity contribution in [1.82, 2.24) is 5.32 Å². The highest BCUT2D eigenvalue weighted by atomic mass is 35.5. The van der Waals surface area contributed by atoms with Crippen LogP contribution in [0.5, 0.6) is 5.75 Å². The summed E-state index contributed by atoms with van der Waals surface area (Å²) in [4.78, 5) is 0. The molecule has 0 aliphatic carbocycles. The topological polar surface area (TPSA) is 58.3 Å². The van der Waals surface area contributed by atoms with E-state index in [2.05, 4.69) is 19.2 Å². The largest absolute Gasteiger partial charge is 0.508 e. The van der Waals surface area contributed by atoms with Gasteiger partial charge in [-0.05, 0) is 31.2 Å². The van der Waals surface area contributed by atoms with Crippen LogP contribution in [0.4, 0.5) is 0 Å². The minimum atomic E-state index is -0.0319. The van der Waals surface area contributed by atoms with Gasteiger partial charge in [-0.1, -0.05) is 19.1 Å². The molecule has 0 amide bonds. The number of halogens is 3. The number of hydrogen-bond acceptors (Lipinski definition) is 3. The Kier molecular flexibility index (Phi) is 14.2. The van der Waals surface area contributed by atoms with E-state index in [1.54, 1.807) is 12.1 Å². The van der Waals surface area contributed by atoms with Crippen molar-refractivity contribution in [2.45, 2.75) is 25.9 Å². The van der Waals surface area contributed by atoms with Crippen molar-refractivity contribution >= 4 is 37.2 Å². The molecule has 17 heavy (non-hydrogen) atoms. The zero-order valence-electron chi connectivity index (χ0n) is 9.92. The second kappa shape index (κ2) is 10.9. The van der Waals surface area contributed by atoms with E-state index < -0.39 is 0 Å². The van der Waals surface area contributed by atoms with E-state index in [1.165, 1.54) is 0 Å². The highest BCUT2D eigenvalue weighted by Gasteiger charge is 2.12. The maximum absolute atomic E-state index is 9.12. The van der Waals surface area contributed by atoms with Crippen LogP contribution in [0, 0.1) is 0 Å². The van der Waals surface area contributed by atoms with Gasteiger partial charge < -0.3 is 16.2 Å². The van der Waals surface area contributed by atoms with Crippen molar-refractivity contribution in [3.63, 3.8) is 0 Å². The Morgan fingerprint density at radius 3 is 2.06 bits per heavy atom. The van der Waals surface area contributed by atoms with Crippen molar-refractivity contribution in [3.05, 3.63) is 29.8 Å². The molecule has 1 rings (SSSR count). The fourth-order valence-electron chi connectivity index (χ4n) is 1.43. The van der Waals surface area contributed by atoms with Gasteiger partial charge in [0.25, 0.3) is 0 Å². The van der Waals surface area contributed by atoms with Crippen LogP contribution in [0.1, 0.15) is 25.5 Å². The summed E-state index contributed by atoms with van der Waals surface area (Å²) in [6, 6.07) is 7.24. The first-order valence-corrected chi connectivity index (χ1v) is 4.93. The second-order valence-corrected chi connectivity index (χ2v) is 3.46. The van der Waals surface area contributed by atoms with Gasteiger partial charge in [-0.25, -0.2) is 0 Å². The number of phenols is 1. The van der Waals surface area contributed by atoms with E-state index in [-0.39, 0.29) is 55.1 Å². The molecule has 0 fully saturated rings. The zero-order chi connectivity index (χ0) is 10.6. The van der Waals surface area contributed by atoms with E-state index >= 15 is 0 Å². The number of rotatable bonds is 4. The molecular weight excluding hydrogens is 282 g/mol. The first kappa shape index (κ1) is 22.0. The Hall–Kier alpha value is -0.190. The van der Waals surface area contributed by atoms with Crippen LogP contribution < -0.4 is 11.1 Å². The molecule has 4 N–H and O–H groups in total. The molecule has 0 saturated carbocycles. The summed E-state index contributed by atoms with van der Waals surface area (Å²) < 4.78 is 0. The van der Waals surface area contributed by atoms with Gasteiger partial charge >= 0.3 is 0 Å². The van der Waals surface area contributed by atoms with Crippen LogP contribution in [0.25, 0.3) is 0 Å². The Labute approximate surface area is 121 Å². The van der Waals surface area contributed by atoms with Gasteiger partial charge in [0.1, 0.15) is 5.75 Å². The molecule has 1 aromatic carbocycles. The lowest BCUT2D eigenvalue weighted by molar-refractivity contribution is 0.469. The van der Waals surface area contributed by atoms with E-state index in [4.69, 9.17) is 10.8 Å². The van der Waals surface area contributed by atoms with Crippen LogP contribution in [0.15, 0.2) is 24.3 Å². The number of aromatic hydroxyl groups is 1. The molecule has 3 nitrogen and oxygen atoms in total. The lowest BCUT2D eigenvalue weighted by Gasteiger charge is -2.20. The van der Waals surface area contributed by atoms with E-state index in [9.17, 15) is 0 Å². The molecule has 0 radical (unpaired) electrons. The third-order valence-electron chi connectivity index (χ3n) is 2.34. The van der Waals surface area contributed by atoms with E-state index in [1.807, 2.05) is 12.1 Å². The molecule has 1 aromatic rings. The second-order valence-electron chi connectivity index (χ2n) is 3.46. The quantitative estimate of drug-likeness (QED) is 0.801. The number of nitrogens with one attached hydrogen (secondary N) is 1. The molecule has 102 valence electrons. The molecule has 2 atom stereocenters. The van der Waals surface area contributed by atoms with Crippen molar-refractivity contribution in [3.8, 4) is 5.75 Å². The summed E-state index contributed by atoms with van der Waals surface area (Å²) in [6.45, 7) is 5.02. The first-order chi connectivity index (χ1) is 6.65. The Balaban J connectivity index is -0.000000653. The molecule has 0 saturated heterocycles. The van der Waals surface area contributed by atoms with E-state index in [0.717, 1.165) is 12.1 Å². The Morgan fingerprint density at radius 1 is 1.18 bits per heavy atom. The van der Waals surface area contributed by atoms with Gasteiger partial charge in [0.15, 0.2) is 0 Å². The third kappa shape index (κ3) is 6.96. The highest BCUT2D eigenvalue weighted by molar-refractivity contribution is 5.86. The summed E-state index contributed by atoms with van der Waals surface area (Å²) in [5, 5.41) is 12.4. The summed E-state index contributed by atoms with van der Waals surface area (Å²) in [6.07, 6.45) is 0. The van der Waals surface area contributed by atoms with Gasteiger partial charge in [0, 0.05) is 12.1 Å². The van der Waals surface area contributed by atoms with Crippen LogP contribution >= 0.6 is 37.2 Å². The average Bonchev–Trinajstić information content (AvgIpc) is 2.18. The summed E-state index contributed by atoms with van der Waals surface area (Å²) in [7, 11) is 0. The van der Waals surface area contributed by atoms with Crippen LogP contribution in [-0.2, 0) is 0 Å². The molecule has 6 heteroatoms. The smallest absolute Gasteiger partial charge is 0.115 e. The molecule has 0 aromatic heterocycles. The maximum atomic E-state index is 9.12. The normalized spacial score (nSPS) is 12.4. The molecule has 0 spiro atoms. The molecule has 2 unspecified atom stereocenters. The predicted octanol–water partition coefficient (Wildman–Crippen LogP) is 2.66. The highest BCUT2D eigenvalue weighted by Crippen LogP contribution is 2.17. The minimum Gasteiger partial charge on any atom is -0.508 e. The first-order valence-electron chi connectivity index (χ1n) is 4.93. The monoisotopic (exact) mass is 302 g/mol. The summed E-state index contributed by atoms with van der Waals surface area (Å²) >= 11 is 0. The fraction of sp³-hybridized carbons (Fsp3) is 0.455. The summed E-state index contributed by atoms with van der Waals surface area (Å²) in [5.74, 6) is 0.275. The number of benzene rings is 1. The fourth-order valence-corrected chi connectivity index (χ4v) is 1.43. The summed E-state index contributed by atoms with van der Waals surface area (Å²) in [5.41, 5.74) is 7.07. The standard InChI is InChI=1S/C11H18N2O.3ClH/c1-3-13-8(2)11(12)9-4-6-10(14)7-5-9;;;/h4-8,11,13-14H,3,12H2,1-2H3;3*1H. The molecule has 0 heterocycles. The average molecular weight is 304 g/mol. The lowest BCUT2D eigenvalue weighted by Crippen LogP contribution is -2.36. The lowest BCUT2D eigenvalue weighted by atomic mass is 10.0. The van der Waals surface area contributed by atoms with Crippen molar-refractivity contribution in [2.24, 2.45) is 5.73 Å². The number of phenolic OH excluding ortho intramolecular Hbond substituents is 1. The van der Waals surface area contributed by atoms with Gasteiger partial charge in [0.05, 0.1) is 0 Å². The van der Waals surface area contributed by atoms with Gasteiger partial charge in [-0.15, -0.1) is 37.2 Å². The molecule has 0 aliphatic heterocycles. The third-order valence-corrected chi connectivity index (χ3v) is 2.34.